The average Bonchev–Trinajstić information content (AvgIpc) is 2.49. The number of aromatic amines is 1. The van der Waals surface area contributed by atoms with Gasteiger partial charge in [-0.3, -0.25) is 4.79 Å². The SMILES string of the molecule is COC(c1ccccc1)c1nc2c(c(=O)[nH]1)CCNC2. The number of benzene rings is 1. The number of nitrogens with one attached hydrogen (secondary N) is 2. The zero-order valence-electron chi connectivity index (χ0n) is 11.3. The van der Waals surface area contributed by atoms with Gasteiger partial charge in [0.05, 0.1) is 5.69 Å². The molecule has 5 heteroatoms. The molecule has 2 aromatic rings. The number of H-pyrrole nitrogens is 1. The van der Waals surface area contributed by atoms with Crippen LogP contribution in [0.15, 0.2) is 35.1 Å². The van der Waals surface area contributed by atoms with Crippen LogP contribution in [0.2, 0.25) is 0 Å². The van der Waals surface area contributed by atoms with Crippen molar-refractivity contribution < 1.29 is 4.74 Å². The Morgan fingerprint density at radius 2 is 2.10 bits per heavy atom. The lowest BCUT2D eigenvalue weighted by atomic mass is 10.1. The van der Waals surface area contributed by atoms with E-state index in [1.165, 1.54) is 0 Å². The highest BCUT2D eigenvalue weighted by atomic mass is 16.5. The van der Waals surface area contributed by atoms with E-state index in [4.69, 9.17) is 4.74 Å². The molecule has 0 fully saturated rings. The third kappa shape index (κ3) is 2.37. The highest BCUT2D eigenvalue weighted by Crippen LogP contribution is 2.22. The number of fused-ring (bicyclic) bond motifs is 1. The van der Waals surface area contributed by atoms with E-state index < -0.39 is 0 Å². The summed E-state index contributed by atoms with van der Waals surface area (Å²) in [7, 11) is 1.62. The second-order valence-corrected chi connectivity index (χ2v) is 4.83. The molecule has 0 saturated carbocycles. The number of hydrogen-bond donors (Lipinski definition) is 2. The number of ether oxygens (including phenoxy) is 1. The summed E-state index contributed by atoms with van der Waals surface area (Å²) in [5.41, 5.74) is 2.54. The summed E-state index contributed by atoms with van der Waals surface area (Å²) in [5.74, 6) is 0.561. The molecule has 2 N–H and O–H groups in total. The molecule has 3 rings (SSSR count). The standard InChI is InChI=1S/C15H17N3O2/c1-20-13(10-5-3-2-4-6-10)14-17-12-9-16-8-7-11(12)15(19)18-14/h2-6,13,16H,7-9H2,1H3,(H,17,18,19). The van der Waals surface area contributed by atoms with Crippen molar-refractivity contribution in [1.29, 1.82) is 0 Å². The molecular formula is C15H17N3O2. The Balaban J connectivity index is 2.05. The largest absolute Gasteiger partial charge is 0.369 e. The van der Waals surface area contributed by atoms with Crippen LogP contribution >= 0.6 is 0 Å². The first kappa shape index (κ1) is 13.0. The van der Waals surface area contributed by atoms with Gasteiger partial charge in [0.2, 0.25) is 0 Å². The molecule has 0 saturated heterocycles. The van der Waals surface area contributed by atoms with Crippen LogP contribution in [0, 0.1) is 0 Å². The summed E-state index contributed by atoms with van der Waals surface area (Å²) in [5, 5.41) is 3.24. The molecule has 1 atom stereocenters. The zero-order valence-corrected chi connectivity index (χ0v) is 11.3. The van der Waals surface area contributed by atoms with Crippen LogP contribution in [-0.4, -0.2) is 23.6 Å². The first-order valence-electron chi connectivity index (χ1n) is 6.70. The maximum absolute atomic E-state index is 12.2. The normalized spacial score (nSPS) is 15.7. The van der Waals surface area contributed by atoms with Gasteiger partial charge < -0.3 is 15.0 Å². The van der Waals surface area contributed by atoms with Crippen LogP contribution in [0.25, 0.3) is 0 Å². The van der Waals surface area contributed by atoms with Gasteiger partial charge in [-0.25, -0.2) is 4.98 Å². The van der Waals surface area contributed by atoms with Crippen LogP contribution in [0.4, 0.5) is 0 Å². The van der Waals surface area contributed by atoms with Gasteiger partial charge >= 0.3 is 0 Å². The lowest BCUT2D eigenvalue weighted by Gasteiger charge is -2.19. The van der Waals surface area contributed by atoms with Crippen LogP contribution in [0.1, 0.15) is 28.7 Å². The molecule has 1 aliphatic rings. The second-order valence-electron chi connectivity index (χ2n) is 4.83. The van der Waals surface area contributed by atoms with E-state index in [2.05, 4.69) is 15.3 Å². The van der Waals surface area contributed by atoms with E-state index in [-0.39, 0.29) is 11.7 Å². The minimum atomic E-state index is -0.351. The summed E-state index contributed by atoms with van der Waals surface area (Å²) in [6.07, 6.45) is 0.372. The lowest BCUT2D eigenvalue weighted by Crippen LogP contribution is -2.32. The van der Waals surface area contributed by atoms with Gasteiger partial charge in [-0.15, -0.1) is 0 Å². The molecule has 5 nitrogen and oxygen atoms in total. The third-order valence-corrected chi connectivity index (χ3v) is 3.55. The van der Waals surface area contributed by atoms with E-state index in [1.54, 1.807) is 7.11 Å². The summed E-state index contributed by atoms with van der Waals surface area (Å²) in [6, 6.07) is 9.76. The first-order valence-corrected chi connectivity index (χ1v) is 6.70. The third-order valence-electron chi connectivity index (χ3n) is 3.55. The van der Waals surface area contributed by atoms with Gasteiger partial charge in [0, 0.05) is 19.2 Å². The predicted molar refractivity (Wildman–Crippen MR) is 75.6 cm³/mol. The van der Waals surface area contributed by atoms with Gasteiger partial charge in [0.1, 0.15) is 11.9 Å². The number of rotatable bonds is 3. The quantitative estimate of drug-likeness (QED) is 0.879. The van der Waals surface area contributed by atoms with Crippen molar-refractivity contribution in [3.63, 3.8) is 0 Å². The van der Waals surface area contributed by atoms with Crippen molar-refractivity contribution in [1.82, 2.24) is 15.3 Å². The molecule has 0 bridgehead atoms. The Hall–Kier alpha value is -1.98. The zero-order chi connectivity index (χ0) is 13.9. The smallest absolute Gasteiger partial charge is 0.254 e. The van der Waals surface area contributed by atoms with Crippen molar-refractivity contribution >= 4 is 0 Å². The predicted octanol–water partition coefficient (Wildman–Crippen LogP) is 1.15. The van der Waals surface area contributed by atoms with Crippen molar-refractivity contribution in [2.75, 3.05) is 13.7 Å². The Kier molecular flexibility index (Phi) is 3.62. The number of hydrogen-bond acceptors (Lipinski definition) is 4. The maximum atomic E-state index is 12.2. The minimum Gasteiger partial charge on any atom is -0.369 e. The molecule has 0 amide bonds. The van der Waals surface area contributed by atoms with Gasteiger partial charge in [0.15, 0.2) is 0 Å². The van der Waals surface area contributed by atoms with Crippen molar-refractivity contribution in [2.45, 2.75) is 19.1 Å². The Bertz CT molecular complexity index is 652. The molecule has 104 valence electrons. The fraction of sp³-hybridized carbons (Fsp3) is 0.333. The molecule has 1 aromatic heterocycles. The summed E-state index contributed by atoms with van der Waals surface area (Å²) in [6.45, 7) is 1.46. The van der Waals surface area contributed by atoms with Gasteiger partial charge in [-0.2, -0.15) is 0 Å². The van der Waals surface area contributed by atoms with E-state index in [0.29, 0.717) is 12.4 Å². The first-order chi connectivity index (χ1) is 9.79. The lowest BCUT2D eigenvalue weighted by molar-refractivity contribution is 0.128. The summed E-state index contributed by atoms with van der Waals surface area (Å²) in [4.78, 5) is 19.6. The number of aromatic nitrogens is 2. The van der Waals surface area contributed by atoms with Crippen molar-refractivity contribution in [3.8, 4) is 0 Å². The molecule has 0 spiro atoms. The fourth-order valence-electron chi connectivity index (χ4n) is 2.55. The van der Waals surface area contributed by atoms with Crippen LogP contribution < -0.4 is 10.9 Å². The molecule has 1 unspecified atom stereocenters. The average molecular weight is 271 g/mol. The van der Waals surface area contributed by atoms with E-state index >= 15 is 0 Å². The minimum absolute atomic E-state index is 0.0514. The molecule has 20 heavy (non-hydrogen) atoms. The van der Waals surface area contributed by atoms with Crippen LogP contribution in [0.3, 0.4) is 0 Å². The molecular weight excluding hydrogens is 254 g/mol. The van der Waals surface area contributed by atoms with E-state index in [0.717, 1.165) is 29.8 Å². The highest BCUT2D eigenvalue weighted by molar-refractivity contribution is 5.26. The maximum Gasteiger partial charge on any atom is 0.254 e. The topological polar surface area (TPSA) is 67.0 Å². The van der Waals surface area contributed by atoms with Crippen molar-refractivity contribution in [3.05, 3.63) is 63.3 Å². The molecule has 0 aliphatic carbocycles. The van der Waals surface area contributed by atoms with E-state index in [1.807, 2.05) is 30.3 Å². The molecule has 1 aromatic carbocycles. The Morgan fingerprint density at radius 3 is 2.85 bits per heavy atom. The second kappa shape index (κ2) is 5.56. The molecule has 2 heterocycles. The number of nitrogens with zero attached hydrogens (tertiary/aromatic N) is 1. The van der Waals surface area contributed by atoms with E-state index in [9.17, 15) is 4.79 Å². The van der Waals surface area contributed by atoms with Gasteiger partial charge in [0.25, 0.3) is 5.56 Å². The van der Waals surface area contributed by atoms with Gasteiger partial charge in [-0.1, -0.05) is 30.3 Å². The van der Waals surface area contributed by atoms with Crippen molar-refractivity contribution in [2.24, 2.45) is 0 Å². The molecule has 0 radical (unpaired) electrons. The fourth-order valence-corrected chi connectivity index (χ4v) is 2.55. The Labute approximate surface area is 117 Å². The van der Waals surface area contributed by atoms with Crippen LogP contribution in [0.5, 0.6) is 0 Å². The van der Waals surface area contributed by atoms with Gasteiger partial charge in [-0.05, 0) is 18.5 Å². The summed E-state index contributed by atoms with van der Waals surface area (Å²) >= 11 is 0. The monoisotopic (exact) mass is 271 g/mol. The molecule has 1 aliphatic heterocycles. The Morgan fingerprint density at radius 1 is 1.30 bits per heavy atom. The van der Waals surface area contributed by atoms with Crippen LogP contribution in [-0.2, 0) is 17.7 Å². The highest BCUT2D eigenvalue weighted by Gasteiger charge is 2.20. The summed E-state index contributed by atoms with van der Waals surface area (Å²) < 4.78 is 5.52. The number of methoxy groups -OCH3 is 1.